The van der Waals surface area contributed by atoms with E-state index >= 15 is 0 Å². The maximum absolute atomic E-state index is 11.6. The van der Waals surface area contributed by atoms with Crippen molar-refractivity contribution in [1.29, 1.82) is 0 Å². The molecule has 0 aliphatic heterocycles. The number of benzene rings is 1. The second-order valence-corrected chi connectivity index (χ2v) is 4.09. The van der Waals surface area contributed by atoms with Gasteiger partial charge in [0.05, 0.1) is 6.10 Å². The molecule has 1 rings (SSSR count). The first-order chi connectivity index (χ1) is 8.52. The maximum Gasteiger partial charge on any atom is 0.269 e. The zero-order chi connectivity index (χ0) is 13.5. The van der Waals surface area contributed by atoms with E-state index in [0.717, 1.165) is 0 Å². The van der Waals surface area contributed by atoms with E-state index in [4.69, 9.17) is 16.3 Å². The van der Waals surface area contributed by atoms with Crippen LogP contribution in [-0.2, 0) is 4.79 Å². The Morgan fingerprint density at radius 2 is 1.83 bits per heavy atom. The number of hydrogen-bond donors (Lipinski definition) is 2. The van der Waals surface area contributed by atoms with Crippen LogP contribution in [0.3, 0.4) is 0 Å². The fraction of sp³-hybridized carbons (Fsp3) is 0.333. The Hall–Kier alpha value is -1.75. The van der Waals surface area contributed by atoms with Crippen molar-refractivity contribution in [2.24, 2.45) is 0 Å². The van der Waals surface area contributed by atoms with E-state index in [1.54, 1.807) is 24.3 Å². The maximum atomic E-state index is 11.6. The Labute approximate surface area is 110 Å². The fourth-order valence-electron chi connectivity index (χ4n) is 1.19. The molecule has 0 radical (unpaired) electrons. The van der Waals surface area contributed by atoms with E-state index in [1.807, 2.05) is 13.8 Å². The minimum absolute atomic E-state index is 0.0766. The number of nitrogens with one attached hydrogen (secondary N) is 2. The van der Waals surface area contributed by atoms with Crippen molar-refractivity contribution in [3.05, 3.63) is 29.8 Å². The molecule has 0 unspecified atom stereocenters. The minimum atomic E-state index is -0.468. The molecule has 0 fully saturated rings. The molecule has 0 aliphatic carbocycles. The number of halogens is 1. The van der Waals surface area contributed by atoms with Gasteiger partial charge in [0.2, 0.25) is 0 Å². The normalized spacial score (nSPS) is 10.0. The average molecular weight is 271 g/mol. The van der Waals surface area contributed by atoms with Crippen LogP contribution < -0.4 is 15.6 Å². The lowest BCUT2D eigenvalue weighted by Crippen LogP contribution is -2.42. The Morgan fingerprint density at radius 1 is 1.22 bits per heavy atom. The number of alkyl halides is 1. The third-order valence-electron chi connectivity index (χ3n) is 1.93. The monoisotopic (exact) mass is 270 g/mol. The molecule has 98 valence electrons. The molecular formula is C12H15ClN2O3. The lowest BCUT2D eigenvalue weighted by Gasteiger charge is -2.10. The lowest BCUT2D eigenvalue weighted by atomic mass is 10.2. The molecule has 0 saturated carbocycles. The molecule has 0 heterocycles. The van der Waals surface area contributed by atoms with Crippen LogP contribution in [0.15, 0.2) is 24.3 Å². The molecule has 18 heavy (non-hydrogen) atoms. The molecular weight excluding hydrogens is 256 g/mol. The summed E-state index contributed by atoms with van der Waals surface area (Å²) in [5.41, 5.74) is 4.84. The predicted octanol–water partition coefficient (Wildman–Crippen LogP) is 1.47. The van der Waals surface area contributed by atoms with Gasteiger partial charge in [0.15, 0.2) is 0 Å². The van der Waals surface area contributed by atoms with E-state index < -0.39 is 11.8 Å². The van der Waals surface area contributed by atoms with E-state index in [2.05, 4.69) is 10.9 Å². The third kappa shape index (κ3) is 4.63. The standard InChI is InChI=1S/C12H15ClN2O3/c1-8(2)18-10-5-3-9(4-6-10)12(17)15-14-11(16)7-13/h3-6,8H,7H2,1-2H3,(H,14,16)(H,15,17). The first-order valence-electron chi connectivity index (χ1n) is 5.44. The van der Waals surface area contributed by atoms with Gasteiger partial charge in [-0.1, -0.05) is 0 Å². The van der Waals surface area contributed by atoms with Crippen molar-refractivity contribution in [3.63, 3.8) is 0 Å². The van der Waals surface area contributed by atoms with Gasteiger partial charge < -0.3 is 4.74 Å². The van der Waals surface area contributed by atoms with Crippen molar-refractivity contribution >= 4 is 23.4 Å². The Kier molecular flexibility index (Phi) is 5.45. The van der Waals surface area contributed by atoms with Crippen LogP contribution in [0.2, 0.25) is 0 Å². The molecule has 0 saturated heterocycles. The first-order valence-corrected chi connectivity index (χ1v) is 5.98. The van der Waals surface area contributed by atoms with Crippen LogP contribution in [0.5, 0.6) is 5.75 Å². The molecule has 0 aliphatic rings. The number of carbonyl (C=O) groups is 2. The third-order valence-corrected chi connectivity index (χ3v) is 2.17. The summed E-state index contributed by atoms with van der Waals surface area (Å²) < 4.78 is 5.45. The van der Waals surface area contributed by atoms with Gasteiger partial charge in [0.1, 0.15) is 11.6 Å². The Bertz CT molecular complexity index is 418. The highest BCUT2D eigenvalue weighted by atomic mass is 35.5. The summed E-state index contributed by atoms with van der Waals surface area (Å²) in [6, 6.07) is 6.61. The number of hydrogen-bond acceptors (Lipinski definition) is 3. The molecule has 0 spiro atoms. The second-order valence-electron chi connectivity index (χ2n) is 3.83. The van der Waals surface area contributed by atoms with Crippen molar-refractivity contribution in [2.45, 2.75) is 20.0 Å². The van der Waals surface area contributed by atoms with Gasteiger partial charge in [-0.3, -0.25) is 20.4 Å². The molecule has 0 aromatic heterocycles. The van der Waals surface area contributed by atoms with Gasteiger partial charge in [0.25, 0.3) is 11.8 Å². The van der Waals surface area contributed by atoms with E-state index in [1.165, 1.54) is 0 Å². The molecule has 2 N–H and O–H groups in total. The lowest BCUT2D eigenvalue weighted by molar-refractivity contribution is -0.119. The highest BCUT2D eigenvalue weighted by Crippen LogP contribution is 2.13. The van der Waals surface area contributed by atoms with E-state index in [-0.39, 0.29) is 12.0 Å². The number of amides is 2. The zero-order valence-corrected chi connectivity index (χ0v) is 11.0. The summed E-state index contributed by atoms with van der Waals surface area (Å²) in [5.74, 6) is -0.401. The molecule has 5 nitrogen and oxygen atoms in total. The number of carbonyl (C=O) groups excluding carboxylic acids is 2. The van der Waals surface area contributed by atoms with Crippen molar-refractivity contribution in [2.75, 3.05) is 5.88 Å². The molecule has 2 amide bonds. The van der Waals surface area contributed by atoms with Crippen LogP contribution in [0, 0.1) is 0 Å². The van der Waals surface area contributed by atoms with Gasteiger partial charge in [-0.2, -0.15) is 0 Å². The van der Waals surface area contributed by atoms with Crippen molar-refractivity contribution < 1.29 is 14.3 Å². The largest absolute Gasteiger partial charge is 0.491 e. The molecule has 1 aromatic rings. The van der Waals surface area contributed by atoms with Crippen molar-refractivity contribution in [1.82, 2.24) is 10.9 Å². The summed E-state index contributed by atoms with van der Waals surface area (Å²) in [4.78, 5) is 22.4. The topological polar surface area (TPSA) is 67.4 Å². The van der Waals surface area contributed by atoms with Crippen LogP contribution >= 0.6 is 11.6 Å². The van der Waals surface area contributed by atoms with Crippen LogP contribution in [0.4, 0.5) is 0 Å². The van der Waals surface area contributed by atoms with E-state index in [0.29, 0.717) is 11.3 Å². The van der Waals surface area contributed by atoms with Gasteiger partial charge in [-0.15, -0.1) is 11.6 Å². The highest BCUT2D eigenvalue weighted by molar-refractivity contribution is 6.27. The van der Waals surface area contributed by atoms with Gasteiger partial charge in [-0.05, 0) is 38.1 Å². The average Bonchev–Trinajstić information content (AvgIpc) is 2.35. The number of hydrazine groups is 1. The predicted molar refractivity (Wildman–Crippen MR) is 68.5 cm³/mol. The number of ether oxygens (including phenoxy) is 1. The molecule has 0 atom stereocenters. The molecule has 0 bridgehead atoms. The Balaban J connectivity index is 2.56. The quantitative estimate of drug-likeness (QED) is 0.643. The summed E-state index contributed by atoms with van der Waals surface area (Å²) in [6.07, 6.45) is 0.0766. The van der Waals surface area contributed by atoms with Crippen LogP contribution in [0.1, 0.15) is 24.2 Å². The van der Waals surface area contributed by atoms with Gasteiger partial charge in [0, 0.05) is 5.56 Å². The summed E-state index contributed by atoms with van der Waals surface area (Å²) in [6.45, 7) is 3.84. The molecule has 6 heteroatoms. The minimum Gasteiger partial charge on any atom is -0.491 e. The number of rotatable bonds is 4. The Morgan fingerprint density at radius 3 is 2.33 bits per heavy atom. The SMILES string of the molecule is CC(C)Oc1ccc(C(=O)NNC(=O)CCl)cc1. The zero-order valence-electron chi connectivity index (χ0n) is 10.2. The van der Waals surface area contributed by atoms with Crippen molar-refractivity contribution in [3.8, 4) is 5.75 Å². The second kappa shape index (κ2) is 6.86. The first kappa shape index (κ1) is 14.3. The van der Waals surface area contributed by atoms with Crippen LogP contribution in [-0.4, -0.2) is 23.8 Å². The van der Waals surface area contributed by atoms with Gasteiger partial charge in [-0.25, -0.2) is 0 Å². The fourth-order valence-corrected chi connectivity index (χ4v) is 1.26. The molecule has 1 aromatic carbocycles. The van der Waals surface area contributed by atoms with Gasteiger partial charge >= 0.3 is 0 Å². The summed E-state index contributed by atoms with van der Waals surface area (Å²) >= 11 is 5.27. The smallest absolute Gasteiger partial charge is 0.269 e. The van der Waals surface area contributed by atoms with E-state index in [9.17, 15) is 9.59 Å². The highest BCUT2D eigenvalue weighted by Gasteiger charge is 2.07. The van der Waals surface area contributed by atoms with Crippen LogP contribution in [0.25, 0.3) is 0 Å². The summed E-state index contributed by atoms with van der Waals surface area (Å²) in [5, 5.41) is 0. The summed E-state index contributed by atoms with van der Waals surface area (Å²) in [7, 11) is 0.